The van der Waals surface area contributed by atoms with Gasteiger partial charge in [-0.05, 0) is 17.7 Å². The van der Waals surface area contributed by atoms with Crippen LogP contribution in [-0.4, -0.2) is 15.2 Å². The Kier molecular flexibility index (Phi) is 4.50. The van der Waals surface area contributed by atoms with Gasteiger partial charge in [0.2, 0.25) is 0 Å². The van der Waals surface area contributed by atoms with Gasteiger partial charge in [0.15, 0.2) is 0 Å². The zero-order valence-corrected chi connectivity index (χ0v) is 14.5. The Balaban J connectivity index is 1.62. The molecule has 28 heavy (non-hydrogen) atoms. The van der Waals surface area contributed by atoms with E-state index in [1.807, 2.05) is 17.2 Å². The molecule has 0 fully saturated rings. The Morgan fingerprint density at radius 3 is 2.75 bits per heavy atom. The number of fused-ring (bicyclic) bond motifs is 1. The minimum absolute atomic E-state index is 0.187. The summed E-state index contributed by atoms with van der Waals surface area (Å²) in [5, 5.41) is 5.41. The third kappa shape index (κ3) is 3.42. The molecule has 0 unspecified atom stereocenters. The van der Waals surface area contributed by atoms with E-state index < -0.39 is 17.3 Å². The highest BCUT2D eigenvalue weighted by molar-refractivity contribution is 5.58. The fraction of sp³-hybridized carbons (Fsp3) is 0.211. The van der Waals surface area contributed by atoms with Crippen LogP contribution in [-0.2, 0) is 25.9 Å². The maximum absolute atomic E-state index is 13.4. The van der Waals surface area contributed by atoms with Gasteiger partial charge in [0.25, 0.3) is 5.56 Å². The number of hydrogen-bond acceptors (Lipinski definition) is 5. The summed E-state index contributed by atoms with van der Waals surface area (Å²) in [6.45, 7) is 0.713. The molecule has 0 saturated carbocycles. The van der Waals surface area contributed by atoms with Crippen LogP contribution in [0.5, 0.6) is 5.75 Å². The number of rotatable bonds is 4. The fourth-order valence-electron chi connectivity index (χ4n) is 3.24. The van der Waals surface area contributed by atoms with E-state index >= 15 is 0 Å². The lowest BCUT2D eigenvalue weighted by Crippen LogP contribution is -2.28. The van der Waals surface area contributed by atoms with Gasteiger partial charge < -0.3 is 9.64 Å². The molecule has 4 rings (SSSR count). The summed E-state index contributed by atoms with van der Waals surface area (Å²) in [5.41, 5.74) is -0.224. The highest BCUT2D eigenvalue weighted by Crippen LogP contribution is 2.39. The standard InChI is InChI=1S/C19H15F3N4O2/c20-19(21,22)17-15(8-24-25-18(17)27)26-9-13-4-1-5-16(14(13)10-26)28-11-12-3-2-6-23-7-12/h1-8H,9-11H2,(H,25,27). The molecule has 0 amide bonds. The number of aromatic nitrogens is 3. The molecule has 1 aromatic carbocycles. The van der Waals surface area contributed by atoms with Gasteiger partial charge in [-0.2, -0.15) is 18.3 Å². The first-order valence-corrected chi connectivity index (χ1v) is 8.46. The predicted octanol–water partition coefficient (Wildman–Crippen LogP) is 3.28. The van der Waals surface area contributed by atoms with Crippen LogP contribution < -0.4 is 15.2 Å². The number of hydrogen-bond donors (Lipinski definition) is 1. The molecule has 6 nitrogen and oxygen atoms in total. The minimum atomic E-state index is -4.78. The molecule has 1 aliphatic heterocycles. The molecule has 0 saturated heterocycles. The topological polar surface area (TPSA) is 71.1 Å². The molecule has 0 radical (unpaired) electrons. The number of pyridine rings is 1. The van der Waals surface area contributed by atoms with E-state index in [0.717, 1.165) is 22.9 Å². The Morgan fingerprint density at radius 1 is 1.14 bits per heavy atom. The first kappa shape index (κ1) is 18.0. The largest absolute Gasteiger partial charge is 0.488 e. The molecule has 0 spiro atoms. The lowest BCUT2D eigenvalue weighted by atomic mass is 10.1. The number of halogens is 3. The molecule has 3 aromatic rings. The summed E-state index contributed by atoms with van der Waals surface area (Å²) in [6, 6.07) is 9.08. The maximum atomic E-state index is 13.4. The second-order valence-electron chi connectivity index (χ2n) is 6.36. The van der Waals surface area contributed by atoms with Crippen LogP contribution in [0, 0.1) is 0 Å². The van der Waals surface area contributed by atoms with Crippen LogP contribution in [0.3, 0.4) is 0 Å². The van der Waals surface area contributed by atoms with E-state index in [4.69, 9.17) is 4.74 Å². The number of alkyl halides is 3. The number of H-pyrrole nitrogens is 1. The van der Waals surface area contributed by atoms with Crippen molar-refractivity contribution in [2.24, 2.45) is 0 Å². The van der Waals surface area contributed by atoms with Crippen molar-refractivity contribution in [3.05, 3.63) is 81.5 Å². The van der Waals surface area contributed by atoms with Crippen molar-refractivity contribution in [2.75, 3.05) is 4.90 Å². The lowest BCUT2D eigenvalue weighted by Gasteiger charge is -2.21. The fourth-order valence-corrected chi connectivity index (χ4v) is 3.24. The van der Waals surface area contributed by atoms with Gasteiger partial charge >= 0.3 is 6.18 Å². The molecular formula is C19H15F3N4O2. The van der Waals surface area contributed by atoms with E-state index in [9.17, 15) is 18.0 Å². The summed E-state index contributed by atoms with van der Waals surface area (Å²) in [5.74, 6) is 0.593. The van der Waals surface area contributed by atoms with Gasteiger partial charge in [-0.3, -0.25) is 9.78 Å². The van der Waals surface area contributed by atoms with E-state index in [-0.39, 0.29) is 18.8 Å². The van der Waals surface area contributed by atoms with Crippen LogP contribution in [0.4, 0.5) is 18.9 Å². The van der Waals surface area contributed by atoms with Crippen molar-refractivity contribution < 1.29 is 17.9 Å². The quantitative estimate of drug-likeness (QED) is 0.743. The Labute approximate surface area is 157 Å². The number of nitrogens with zero attached hydrogens (tertiary/aromatic N) is 3. The Hall–Kier alpha value is -3.36. The van der Waals surface area contributed by atoms with Gasteiger partial charge in [0.05, 0.1) is 11.9 Å². The van der Waals surface area contributed by atoms with Gasteiger partial charge in [0.1, 0.15) is 17.9 Å². The highest BCUT2D eigenvalue weighted by atomic mass is 19.4. The van der Waals surface area contributed by atoms with Crippen molar-refractivity contribution in [1.29, 1.82) is 0 Å². The van der Waals surface area contributed by atoms with E-state index in [0.29, 0.717) is 12.4 Å². The molecule has 1 N–H and O–H groups in total. The Morgan fingerprint density at radius 2 is 2.00 bits per heavy atom. The number of aromatic amines is 1. The third-order valence-corrected chi connectivity index (χ3v) is 4.52. The molecule has 3 heterocycles. The van der Waals surface area contributed by atoms with Gasteiger partial charge in [-0.15, -0.1) is 0 Å². The van der Waals surface area contributed by atoms with Crippen molar-refractivity contribution in [1.82, 2.24) is 15.2 Å². The zero-order valence-electron chi connectivity index (χ0n) is 14.5. The number of benzene rings is 1. The van der Waals surface area contributed by atoms with E-state index in [2.05, 4.69) is 10.1 Å². The molecule has 0 atom stereocenters. The SMILES string of the molecule is O=c1[nH]ncc(N2Cc3cccc(OCc4cccnc4)c3C2)c1C(F)(F)F. The van der Waals surface area contributed by atoms with Crippen LogP contribution in [0.2, 0.25) is 0 Å². The Bertz CT molecular complexity index is 1050. The van der Waals surface area contributed by atoms with Crippen molar-refractivity contribution in [3.8, 4) is 5.75 Å². The van der Waals surface area contributed by atoms with Crippen molar-refractivity contribution in [3.63, 3.8) is 0 Å². The van der Waals surface area contributed by atoms with Crippen LogP contribution in [0.25, 0.3) is 0 Å². The van der Waals surface area contributed by atoms with Gasteiger partial charge in [-0.25, -0.2) is 5.10 Å². The highest BCUT2D eigenvalue weighted by Gasteiger charge is 2.39. The summed E-state index contributed by atoms with van der Waals surface area (Å²) in [6.07, 6.45) is -0.394. The molecular weight excluding hydrogens is 373 g/mol. The minimum Gasteiger partial charge on any atom is -0.488 e. The normalized spacial score (nSPS) is 13.5. The molecule has 144 valence electrons. The van der Waals surface area contributed by atoms with Crippen molar-refractivity contribution in [2.45, 2.75) is 25.9 Å². The monoisotopic (exact) mass is 388 g/mol. The van der Waals surface area contributed by atoms with Crippen LogP contribution in [0.15, 0.2) is 53.7 Å². The predicted molar refractivity (Wildman–Crippen MR) is 94.8 cm³/mol. The molecule has 1 aliphatic rings. The smallest absolute Gasteiger partial charge is 0.423 e. The third-order valence-electron chi connectivity index (χ3n) is 4.52. The summed E-state index contributed by atoms with van der Waals surface area (Å²) in [7, 11) is 0. The average molecular weight is 388 g/mol. The lowest BCUT2D eigenvalue weighted by molar-refractivity contribution is -0.138. The average Bonchev–Trinajstić information content (AvgIpc) is 3.11. The van der Waals surface area contributed by atoms with Crippen molar-refractivity contribution >= 4 is 5.69 Å². The van der Waals surface area contributed by atoms with E-state index in [1.54, 1.807) is 30.6 Å². The number of nitrogens with one attached hydrogen (secondary N) is 1. The molecule has 9 heteroatoms. The first-order chi connectivity index (χ1) is 13.4. The maximum Gasteiger partial charge on any atom is 0.423 e. The van der Waals surface area contributed by atoms with Gasteiger partial charge in [0, 0.05) is 36.6 Å². The second kappa shape index (κ2) is 6.99. The second-order valence-corrected chi connectivity index (χ2v) is 6.36. The van der Waals surface area contributed by atoms with Crippen LogP contribution in [0.1, 0.15) is 22.3 Å². The summed E-state index contributed by atoms with van der Waals surface area (Å²) < 4.78 is 46.0. The summed E-state index contributed by atoms with van der Waals surface area (Å²) in [4.78, 5) is 17.3. The summed E-state index contributed by atoms with van der Waals surface area (Å²) >= 11 is 0. The molecule has 0 bridgehead atoms. The zero-order chi connectivity index (χ0) is 19.7. The number of ether oxygens (including phenoxy) is 1. The molecule has 2 aromatic heterocycles. The van der Waals surface area contributed by atoms with E-state index in [1.165, 1.54) is 4.90 Å². The van der Waals surface area contributed by atoms with Gasteiger partial charge in [-0.1, -0.05) is 18.2 Å². The first-order valence-electron chi connectivity index (χ1n) is 8.46. The molecule has 0 aliphatic carbocycles. The number of anilines is 1. The van der Waals surface area contributed by atoms with Crippen LogP contribution >= 0.6 is 0 Å².